The van der Waals surface area contributed by atoms with Crippen molar-refractivity contribution in [2.45, 2.75) is 45.2 Å². The van der Waals surface area contributed by atoms with Crippen LogP contribution in [0.4, 0.5) is 0 Å². The summed E-state index contributed by atoms with van der Waals surface area (Å²) in [6.45, 7) is 4.42. The Morgan fingerprint density at radius 1 is 1.38 bits per heavy atom. The highest BCUT2D eigenvalue weighted by Gasteiger charge is 2.25. The van der Waals surface area contributed by atoms with Crippen LogP contribution in [0.1, 0.15) is 33.1 Å². The van der Waals surface area contributed by atoms with Crippen LogP contribution in [0.5, 0.6) is 0 Å². The number of carbonyl (C=O) groups is 1. The summed E-state index contributed by atoms with van der Waals surface area (Å²) in [4.78, 5) is 12.6. The molecular formula is C9H18ClNO2. The second-order valence-corrected chi connectivity index (χ2v) is 3.70. The number of carboxylic acids is 1. The normalized spacial score (nSPS) is 29.4. The van der Waals surface area contributed by atoms with E-state index in [0.717, 1.165) is 12.8 Å². The van der Waals surface area contributed by atoms with Gasteiger partial charge in [-0.1, -0.05) is 6.42 Å². The molecular weight excluding hydrogens is 190 g/mol. The van der Waals surface area contributed by atoms with Crippen LogP contribution in [-0.4, -0.2) is 34.6 Å². The summed E-state index contributed by atoms with van der Waals surface area (Å²) in [6, 6.07) is 0.870. The van der Waals surface area contributed by atoms with Crippen LogP contribution >= 0.6 is 12.4 Å². The molecule has 0 amide bonds. The molecule has 1 aliphatic rings. The van der Waals surface area contributed by atoms with E-state index in [0.29, 0.717) is 12.1 Å². The van der Waals surface area contributed by atoms with Crippen molar-refractivity contribution in [3.8, 4) is 0 Å². The second-order valence-electron chi connectivity index (χ2n) is 3.70. The molecule has 2 atom stereocenters. The maximum atomic E-state index is 10.5. The number of aliphatic carboxylic acids is 1. The fraction of sp³-hybridized carbons (Fsp3) is 0.889. The molecule has 1 fully saturated rings. The first-order chi connectivity index (χ1) is 5.61. The molecule has 0 aromatic rings. The third kappa shape index (κ3) is 3.53. The van der Waals surface area contributed by atoms with Gasteiger partial charge in [0.25, 0.3) is 0 Å². The molecule has 1 aliphatic heterocycles. The zero-order valence-corrected chi connectivity index (χ0v) is 9.01. The van der Waals surface area contributed by atoms with Crippen LogP contribution in [0, 0.1) is 0 Å². The van der Waals surface area contributed by atoms with E-state index in [1.807, 2.05) is 0 Å². The summed E-state index contributed by atoms with van der Waals surface area (Å²) < 4.78 is 0. The van der Waals surface area contributed by atoms with Crippen molar-refractivity contribution in [2.24, 2.45) is 0 Å². The van der Waals surface area contributed by atoms with E-state index in [2.05, 4.69) is 18.7 Å². The van der Waals surface area contributed by atoms with Gasteiger partial charge in [-0.15, -0.1) is 12.4 Å². The largest absolute Gasteiger partial charge is 0.480 e. The highest BCUT2D eigenvalue weighted by atomic mass is 35.5. The van der Waals surface area contributed by atoms with E-state index in [4.69, 9.17) is 5.11 Å². The predicted molar refractivity (Wildman–Crippen MR) is 54.4 cm³/mol. The number of hydrogen-bond acceptors (Lipinski definition) is 2. The SMILES string of the molecule is C[C@@H]1CCC[C@H](C)N1CC(=O)O.Cl. The Balaban J connectivity index is 0.00000144. The maximum absolute atomic E-state index is 10.5. The Hall–Kier alpha value is -0.280. The van der Waals surface area contributed by atoms with Crippen molar-refractivity contribution in [2.75, 3.05) is 6.54 Å². The monoisotopic (exact) mass is 207 g/mol. The first-order valence-electron chi connectivity index (χ1n) is 4.59. The minimum absolute atomic E-state index is 0. The van der Waals surface area contributed by atoms with Crippen LogP contribution in [0.3, 0.4) is 0 Å². The van der Waals surface area contributed by atoms with E-state index in [-0.39, 0.29) is 19.0 Å². The third-order valence-corrected chi connectivity index (χ3v) is 2.69. The van der Waals surface area contributed by atoms with Crippen LogP contribution in [0.2, 0.25) is 0 Å². The van der Waals surface area contributed by atoms with Crippen molar-refractivity contribution in [3.05, 3.63) is 0 Å². The number of likely N-dealkylation sites (tertiary alicyclic amines) is 1. The Morgan fingerprint density at radius 3 is 2.23 bits per heavy atom. The van der Waals surface area contributed by atoms with Gasteiger partial charge >= 0.3 is 5.97 Å². The molecule has 4 heteroatoms. The van der Waals surface area contributed by atoms with Crippen molar-refractivity contribution in [3.63, 3.8) is 0 Å². The van der Waals surface area contributed by atoms with Crippen molar-refractivity contribution in [1.29, 1.82) is 0 Å². The molecule has 78 valence electrons. The van der Waals surface area contributed by atoms with Crippen LogP contribution < -0.4 is 0 Å². The van der Waals surface area contributed by atoms with Gasteiger partial charge < -0.3 is 5.11 Å². The average molecular weight is 208 g/mol. The van der Waals surface area contributed by atoms with Crippen molar-refractivity contribution in [1.82, 2.24) is 4.90 Å². The molecule has 0 bridgehead atoms. The highest BCUT2D eigenvalue weighted by Crippen LogP contribution is 2.21. The van der Waals surface area contributed by atoms with E-state index in [1.54, 1.807) is 0 Å². The first kappa shape index (κ1) is 12.7. The Bertz CT molecular complexity index is 165. The summed E-state index contributed by atoms with van der Waals surface area (Å²) in [5.74, 6) is -0.712. The highest BCUT2D eigenvalue weighted by molar-refractivity contribution is 5.85. The lowest BCUT2D eigenvalue weighted by molar-refractivity contribution is -0.140. The van der Waals surface area contributed by atoms with E-state index >= 15 is 0 Å². The van der Waals surface area contributed by atoms with Crippen LogP contribution in [-0.2, 0) is 4.79 Å². The fourth-order valence-electron chi connectivity index (χ4n) is 1.94. The van der Waals surface area contributed by atoms with Crippen LogP contribution in [0.25, 0.3) is 0 Å². The number of halogens is 1. The lowest BCUT2D eigenvalue weighted by Crippen LogP contribution is -2.46. The maximum Gasteiger partial charge on any atom is 0.317 e. The Kier molecular flexibility index (Phi) is 5.33. The van der Waals surface area contributed by atoms with E-state index in [1.165, 1.54) is 6.42 Å². The number of nitrogens with zero attached hydrogens (tertiary/aromatic N) is 1. The van der Waals surface area contributed by atoms with Gasteiger partial charge in [0.05, 0.1) is 6.54 Å². The molecule has 3 nitrogen and oxygen atoms in total. The summed E-state index contributed by atoms with van der Waals surface area (Å²) in [5, 5.41) is 8.66. The van der Waals surface area contributed by atoms with Gasteiger partial charge in [-0.2, -0.15) is 0 Å². The number of piperidine rings is 1. The topological polar surface area (TPSA) is 40.5 Å². The average Bonchev–Trinajstić information content (AvgIpc) is 1.97. The molecule has 0 radical (unpaired) electrons. The standard InChI is InChI=1S/C9H17NO2.ClH/c1-7-4-3-5-8(2)10(7)6-9(11)12;/h7-8H,3-6H2,1-2H3,(H,11,12);1H/t7-,8+;. The van der Waals surface area contributed by atoms with Crippen molar-refractivity contribution < 1.29 is 9.90 Å². The molecule has 0 aromatic carbocycles. The summed E-state index contributed by atoms with van der Waals surface area (Å²) >= 11 is 0. The summed E-state index contributed by atoms with van der Waals surface area (Å²) in [7, 11) is 0. The van der Waals surface area contributed by atoms with Gasteiger partial charge in [-0.3, -0.25) is 9.69 Å². The Morgan fingerprint density at radius 2 is 1.85 bits per heavy atom. The molecule has 0 saturated carbocycles. The van der Waals surface area contributed by atoms with Gasteiger partial charge in [0.1, 0.15) is 0 Å². The van der Waals surface area contributed by atoms with Gasteiger partial charge in [-0.05, 0) is 26.7 Å². The first-order valence-corrected chi connectivity index (χ1v) is 4.59. The van der Waals surface area contributed by atoms with E-state index < -0.39 is 5.97 Å². The zero-order valence-electron chi connectivity index (χ0n) is 8.19. The lowest BCUT2D eigenvalue weighted by Gasteiger charge is -2.37. The molecule has 1 rings (SSSR count). The smallest absolute Gasteiger partial charge is 0.317 e. The predicted octanol–water partition coefficient (Wildman–Crippen LogP) is 1.76. The quantitative estimate of drug-likeness (QED) is 0.750. The molecule has 1 N–H and O–H groups in total. The number of hydrogen-bond donors (Lipinski definition) is 1. The molecule has 13 heavy (non-hydrogen) atoms. The number of rotatable bonds is 2. The lowest BCUT2D eigenvalue weighted by atomic mass is 9.98. The summed E-state index contributed by atoms with van der Waals surface area (Å²) in [5.41, 5.74) is 0. The zero-order chi connectivity index (χ0) is 9.14. The third-order valence-electron chi connectivity index (χ3n) is 2.69. The molecule has 0 spiro atoms. The Labute approximate surface area is 85.5 Å². The summed E-state index contributed by atoms with van der Waals surface area (Å²) in [6.07, 6.45) is 3.51. The van der Waals surface area contributed by atoms with E-state index in [9.17, 15) is 4.79 Å². The van der Waals surface area contributed by atoms with Gasteiger partial charge in [0.15, 0.2) is 0 Å². The van der Waals surface area contributed by atoms with Crippen LogP contribution in [0.15, 0.2) is 0 Å². The second kappa shape index (κ2) is 5.45. The number of carboxylic acid groups (broad SMARTS) is 1. The van der Waals surface area contributed by atoms with Gasteiger partial charge in [0.2, 0.25) is 0 Å². The molecule has 0 unspecified atom stereocenters. The molecule has 1 heterocycles. The molecule has 0 aromatic heterocycles. The van der Waals surface area contributed by atoms with Gasteiger partial charge in [0, 0.05) is 12.1 Å². The van der Waals surface area contributed by atoms with Crippen molar-refractivity contribution >= 4 is 18.4 Å². The molecule has 0 aliphatic carbocycles. The van der Waals surface area contributed by atoms with Gasteiger partial charge in [-0.25, -0.2) is 0 Å². The molecule has 1 saturated heterocycles. The minimum atomic E-state index is -0.712. The fourth-order valence-corrected chi connectivity index (χ4v) is 1.94. The minimum Gasteiger partial charge on any atom is -0.480 e.